The van der Waals surface area contributed by atoms with Crippen molar-refractivity contribution in [2.75, 3.05) is 6.61 Å². The maximum atomic E-state index is 11.7. The van der Waals surface area contributed by atoms with Gasteiger partial charge in [-0.3, -0.25) is 4.79 Å². The fourth-order valence-electron chi connectivity index (χ4n) is 1.11. The second-order valence-corrected chi connectivity index (χ2v) is 4.40. The molecule has 0 bridgehead atoms. The van der Waals surface area contributed by atoms with E-state index >= 15 is 0 Å². The van der Waals surface area contributed by atoms with Crippen LogP contribution < -0.4 is 0 Å². The predicted molar refractivity (Wildman–Crippen MR) is 69.3 cm³/mol. The Labute approximate surface area is 113 Å². The molecule has 0 aliphatic rings. The number of carbonyl (C=O) groups excluding carboxylic acids is 2. The van der Waals surface area contributed by atoms with Crippen molar-refractivity contribution in [3.63, 3.8) is 0 Å². The number of ketones is 1. The zero-order valence-corrected chi connectivity index (χ0v) is 11.4. The van der Waals surface area contributed by atoms with Crippen LogP contribution in [-0.4, -0.2) is 18.4 Å². The molecule has 5 heteroatoms. The van der Waals surface area contributed by atoms with Crippen molar-refractivity contribution in [1.29, 1.82) is 0 Å². The van der Waals surface area contributed by atoms with Gasteiger partial charge in [-0.05, 0) is 31.2 Å². The van der Waals surface area contributed by atoms with Gasteiger partial charge in [0.15, 0.2) is 5.78 Å². The predicted octanol–water partition coefficient (Wildman–Crippen LogP) is 3.40. The second kappa shape index (κ2) is 6.57. The van der Waals surface area contributed by atoms with Crippen LogP contribution in [0.3, 0.4) is 0 Å². The van der Waals surface area contributed by atoms with E-state index in [1.165, 1.54) is 0 Å². The SMILES string of the molecule is CCOC(=O)/C=C/C(=O)c1ccc(Br)cc1Cl. The lowest BCUT2D eigenvalue weighted by Crippen LogP contribution is -2.02. The number of halogens is 2. The van der Waals surface area contributed by atoms with Crippen LogP contribution in [0.4, 0.5) is 0 Å². The molecule has 0 N–H and O–H groups in total. The van der Waals surface area contributed by atoms with Gasteiger partial charge in [0.2, 0.25) is 0 Å². The Kier molecular flexibility index (Phi) is 5.38. The van der Waals surface area contributed by atoms with Crippen LogP contribution in [0.5, 0.6) is 0 Å². The van der Waals surface area contributed by atoms with Gasteiger partial charge in [-0.2, -0.15) is 0 Å². The van der Waals surface area contributed by atoms with E-state index in [4.69, 9.17) is 11.6 Å². The second-order valence-electron chi connectivity index (χ2n) is 3.07. The molecule has 0 saturated heterocycles. The van der Waals surface area contributed by atoms with E-state index in [2.05, 4.69) is 20.7 Å². The molecule has 0 aliphatic carbocycles. The molecule has 0 atom stereocenters. The molecule has 3 nitrogen and oxygen atoms in total. The lowest BCUT2D eigenvalue weighted by Gasteiger charge is -2.00. The number of benzene rings is 1. The van der Waals surface area contributed by atoms with Gasteiger partial charge in [0.05, 0.1) is 11.6 Å². The van der Waals surface area contributed by atoms with Gasteiger partial charge in [0.1, 0.15) is 0 Å². The quantitative estimate of drug-likeness (QED) is 0.485. The van der Waals surface area contributed by atoms with Crippen molar-refractivity contribution in [2.45, 2.75) is 6.92 Å². The van der Waals surface area contributed by atoms with Crippen molar-refractivity contribution in [1.82, 2.24) is 0 Å². The first kappa shape index (κ1) is 13.9. The first-order valence-electron chi connectivity index (χ1n) is 4.88. The molecule has 0 radical (unpaired) electrons. The highest BCUT2D eigenvalue weighted by molar-refractivity contribution is 9.10. The smallest absolute Gasteiger partial charge is 0.330 e. The molecule has 0 spiro atoms. The summed E-state index contributed by atoms with van der Waals surface area (Å²) in [5, 5.41) is 0.331. The van der Waals surface area contributed by atoms with Crippen LogP contribution in [0.1, 0.15) is 17.3 Å². The summed E-state index contributed by atoms with van der Waals surface area (Å²) in [7, 11) is 0. The van der Waals surface area contributed by atoms with Crippen molar-refractivity contribution in [3.05, 3.63) is 45.4 Å². The largest absolute Gasteiger partial charge is 0.463 e. The van der Waals surface area contributed by atoms with Crippen LogP contribution in [0.2, 0.25) is 5.02 Å². The summed E-state index contributed by atoms with van der Waals surface area (Å²) in [6.45, 7) is 1.97. The van der Waals surface area contributed by atoms with Gasteiger partial charge in [-0.1, -0.05) is 27.5 Å². The van der Waals surface area contributed by atoms with Crippen molar-refractivity contribution in [3.8, 4) is 0 Å². The summed E-state index contributed by atoms with van der Waals surface area (Å²) >= 11 is 9.14. The van der Waals surface area contributed by atoms with Crippen LogP contribution in [0.25, 0.3) is 0 Å². The Morgan fingerprint density at radius 1 is 1.41 bits per heavy atom. The molecular weight excluding hydrogens is 307 g/mol. The lowest BCUT2D eigenvalue weighted by molar-refractivity contribution is -0.137. The van der Waals surface area contributed by atoms with Crippen molar-refractivity contribution in [2.24, 2.45) is 0 Å². The third-order valence-electron chi connectivity index (χ3n) is 1.85. The highest BCUT2D eigenvalue weighted by atomic mass is 79.9. The van der Waals surface area contributed by atoms with Gasteiger partial charge < -0.3 is 4.74 Å². The fraction of sp³-hybridized carbons (Fsp3) is 0.167. The highest BCUT2D eigenvalue weighted by Gasteiger charge is 2.08. The Morgan fingerprint density at radius 2 is 2.12 bits per heavy atom. The summed E-state index contributed by atoms with van der Waals surface area (Å²) in [6, 6.07) is 4.91. The Bertz CT molecular complexity index is 469. The zero-order chi connectivity index (χ0) is 12.8. The van der Waals surface area contributed by atoms with Crippen LogP contribution >= 0.6 is 27.5 Å². The fourth-order valence-corrected chi connectivity index (χ4v) is 1.88. The average molecular weight is 318 g/mol. The minimum Gasteiger partial charge on any atom is -0.463 e. The number of ether oxygens (including phenoxy) is 1. The Balaban J connectivity index is 2.80. The summed E-state index contributed by atoms with van der Waals surface area (Å²) < 4.78 is 5.44. The summed E-state index contributed by atoms with van der Waals surface area (Å²) in [5.41, 5.74) is 0.343. The maximum absolute atomic E-state index is 11.7. The van der Waals surface area contributed by atoms with E-state index in [9.17, 15) is 9.59 Å². The molecule has 0 aliphatic heterocycles. The number of carbonyl (C=O) groups is 2. The average Bonchev–Trinajstić information content (AvgIpc) is 2.26. The molecule has 1 rings (SSSR count). The summed E-state index contributed by atoms with van der Waals surface area (Å²) in [4.78, 5) is 22.7. The third kappa shape index (κ3) is 4.32. The number of rotatable bonds is 4. The van der Waals surface area contributed by atoms with Gasteiger partial charge >= 0.3 is 5.97 Å². The molecule has 0 aromatic heterocycles. The van der Waals surface area contributed by atoms with Crippen molar-refractivity contribution >= 4 is 39.3 Å². The lowest BCUT2D eigenvalue weighted by atomic mass is 10.1. The molecule has 0 fully saturated rings. The zero-order valence-electron chi connectivity index (χ0n) is 9.07. The summed E-state index contributed by atoms with van der Waals surface area (Å²) in [5.74, 6) is -0.885. The monoisotopic (exact) mass is 316 g/mol. The molecule has 0 unspecified atom stereocenters. The van der Waals surface area contributed by atoms with E-state index in [0.29, 0.717) is 10.6 Å². The number of hydrogen-bond acceptors (Lipinski definition) is 3. The standard InChI is InChI=1S/C12H10BrClO3/c1-2-17-12(16)6-5-11(15)9-4-3-8(13)7-10(9)14/h3-7H,2H2,1H3/b6-5+. The number of allylic oxidation sites excluding steroid dienone is 1. The molecule has 0 saturated carbocycles. The Morgan fingerprint density at radius 3 is 2.71 bits per heavy atom. The van der Waals surface area contributed by atoms with E-state index in [0.717, 1.165) is 16.6 Å². The summed E-state index contributed by atoms with van der Waals surface area (Å²) in [6.07, 6.45) is 2.23. The van der Waals surface area contributed by atoms with Gasteiger partial charge in [-0.25, -0.2) is 4.79 Å². The molecule has 0 heterocycles. The first-order chi connectivity index (χ1) is 8.04. The third-order valence-corrected chi connectivity index (χ3v) is 2.66. The molecule has 0 amide bonds. The number of esters is 1. The van der Waals surface area contributed by atoms with Gasteiger partial charge in [0.25, 0.3) is 0 Å². The molecular formula is C12H10BrClO3. The van der Waals surface area contributed by atoms with Crippen LogP contribution in [0.15, 0.2) is 34.8 Å². The maximum Gasteiger partial charge on any atom is 0.330 e. The van der Waals surface area contributed by atoms with E-state index in [-0.39, 0.29) is 12.4 Å². The highest BCUT2D eigenvalue weighted by Crippen LogP contribution is 2.21. The van der Waals surface area contributed by atoms with Crippen molar-refractivity contribution < 1.29 is 14.3 Å². The van der Waals surface area contributed by atoms with E-state index < -0.39 is 5.97 Å². The molecule has 1 aromatic rings. The first-order valence-corrected chi connectivity index (χ1v) is 6.06. The number of hydrogen-bond donors (Lipinski definition) is 0. The normalized spacial score (nSPS) is 10.5. The molecule has 90 valence electrons. The minimum atomic E-state index is -0.547. The van der Waals surface area contributed by atoms with Crippen LogP contribution in [-0.2, 0) is 9.53 Å². The van der Waals surface area contributed by atoms with Gasteiger partial charge in [-0.15, -0.1) is 0 Å². The van der Waals surface area contributed by atoms with E-state index in [1.807, 2.05) is 0 Å². The van der Waals surface area contributed by atoms with Crippen LogP contribution in [0, 0.1) is 0 Å². The minimum absolute atomic E-state index is 0.274. The Hall–Kier alpha value is -1.13. The van der Waals surface area contributed by atoms with E-state index in [1.54, 1.807) is 25.1 Å². The topological polar surface area (TPSA) is 43.4 Å². The molecule has 1 aromatic carbocycles. The van der Waals surface area contributed by atoms with Gasteiger partial charge in [0, 0.05) is 16.1 Å². The molecule has 17 heavy (non-hydrogen) atoms.